The summed E-state index contributed by atoms with van der Waals surface area (Å²) in [4.78, 5) is 0. The van der Waals surface area contributed by atoms with Gasteiger partial charge in [-0.25, -0.2) is 0 Å². The van der Waals surface area contributed by atoms with Crippen LogP contribution in [0.3, 0.4) is 0 Å². The van der Waals surface area contributed by atoms with E-state index in [1.807, 2.05) is 13.8 Å². The average Bonchev–Trinajstić information content (AvgIpc) is 1.86. The molecule has 0 heterocycles. The summed E-state index contributed by atoms with van der Waals surface area (Å²) < 4.78 is 0. The summed E-state index contributed by atoms with van der Waals surface area (Å²) in [5.41, 5.74) is 0.661. The summed E-state index contributed by atoms with van der Waals surface area (Å²) in [6, 6.07) is 0. The fraction of sp³-hybridized carbons (Fsp3) is 0.714. The molecular weight excluding hydrogens is 136 g/mol. The normalized spacial score (nSPS) is 11.6. The van der Waals surface area contributed by atoms with E-state index in [2.05, 4.69) is 6.58 Å². The summed E-state index contributed by atoms with van der Waals surface area (Å²) in [6.07, 6.45) is 0. The zero-order valence-corrected chi connectivity index (χ0v) is 6.70. The highest BCUT2D eigenvalue weighted by molar-refractivity contribution is 6.19. The minimum Gasteiger partial charge on any atom is -0.395 e. The molecule has 1 nitrogen and oxygen atoms in total. The molecule has 0 aliphatic rings. The van der Waals surface area contributed by atoms with Gasteiger partial charge < -0.3 is 5.11 Å². The molecular formula is C7H13ClO. The van der Waals surface area contributed by atoms with Gasteiger partial charge in [0.15, 0.2) is 0 Å². The smallest absolute Gasteiger partial charge is 0.0519 e. The Balaban J connectivity index is 3.97. The van der Waals surface area contributed by atoms with Crippen LogP contribution in [0.5, 0.6) is 0 Å². The van der Waals surface area contributed by atoms with Crippen molar-refractivity contribution in [2.45, 2.75) is 13.8 Å². The Hall–Kier alpha value is -0.0100. The van der Waals surface area contributed by atoms with E-state index in [4.69, 9.17) is 16.7 Å². The third-order valence-corrected chi connectivity index (χ3v) is 1.84. The van der Waals surface area contributed by atoms with Crippen LogP contribution in [0.1, 0.15) is 13.8 Å². The van der Waals surface area contributed by atoms with Crippen molar-refractivity contribution in [1.82, 2.24) is 0 Å². The van der Waals surface area contributed by atoms with Gasteiger partial charge in [0.1, 0.15) is 0 Å². The molecule has 2 heteroatoms. The second-order valence-corrected chi connectivity index (χ2v) is 3.05. The molecule has 0 saturated carbocycles. The molecule has 0 radical (unpaired) electrons. The Bertz CT molecular complexity index is 107. The number of aliphatic hydroxyl groups is 1. The van der Waals surface area contributed by atoms with E-state index in [1.165, 1.54) is 0 Å². The minimum absolute atomic E-state index is 0.110. The molecule has 0 aromatic rings. The van der Waals surface area contributed by atoms with E-state index in [0.717, 1.165) is 5.57 Å². The van der Waals surface area contributed by atoms with Gasteiger partial charge in [-0.1, -0.05) is 26.0 Å². The summed E-state index contributed by atoms with van der Waals surface area (Å²) in [7, 11) is 0. The lowest BCUT2D eigenvalue weighted by Gasteiger charge is -2.22. The molecule has 0 aliphatic carbocycles. The number of aliphatic hydroxyl groups excluding tert-OH is 1. The largest absolute Gasteiger partial charge is 0.395 e. The van der Waals surface area contributed by atoms with Gasteiger partial charge in [0.25, 0.3) is 0 Å². The molecule has 0 aliphatic heterocycles. The molecule has 0 bridgehead atoms. The molecule has 0 saturated heterocycles. The molecule has 0 amide bonds. The number of hydrogen-bond acceptors (Lipinski definition) is 1. The highest BCUT2D eigenvalue weighted by Crippen LogP contribution is 2.24. The van der Waals surface area contributed by atoms with Crippen LogP contribution in [-0.4, -0.2) is 17.6 Å². The summed E-state index contributed by atoms with van der Waals surface area (Å²) >= 11 is 5.50. The van der Waals surface area contributed by atoms with Crippen molar-refractivity contribution in [2.75, 3.05) is 12.5 Å². The van der Waals surface area contributed by atoms with Crippen molar-refractivity contribution in [3.8, 4) is 0 Å². The number of alkyl halides is 1. The lowest BCUT2D eigenvalue weighted by Crippen LogP contribution is -2.19. The van der Waals surface area contributed by atoms with Crippen LogP contribution in [-0.2, 0) is 0 Å². The third-order valence-electron chi connectivity index (χ3n) is 1.51. The van der Waals surface area contributed by atoms with Gasteiger partial charge in [0.2, 0.25) is 0 Å². The molecule has 0 atom stereocenters. The minimum atomic E-state index is -0.220. The van der Waals surface area contributed by atoms with E-state index in [1.54, 1.807) is 0 Å². The van der Waals surface area contributed by atoms with E-state index < -0.39 is 0 Å². The second kappa shape index (κ2) is 3.23. The predicted molar refractivity (Wildman–Crippen MR) is 40.7 cm³/mol. The molecule has 0 aromatic heterocycles. The van der Waals surface area contributed by atoms with E-state index in [0.29, 0.717) is 5.88 Å². The van der Waals surface area contributed by atoms with Crippen LogP contribution in [0, 0.1) is 5.41 Å². The maximum absolute atomic E-state index is 8.78. The quantitative estimate of drug-likeness (QED) is 0.478. The topological polar surface area (TPSA) is 20.2 Å². The van der Waals surface area contributed by atoms with Crippen LogP contribution in [0.15, 0.2) is 12.2 Å². The molecule has 0 aromatic carbocycles. The lowest BCUT2D eigenvalue weighted by molar-refractivity contribution is 0.191. The van der Waals surface area contributed by atoms with Crippen LogP contribution in [0.25, 0.3) is 0 Å². The van der Waals surface area contributed by atoms with Gasteiger partial charge in [-0.3, -0.25) is 0 Å². The van der Waals surface area contributed by atoms with Crippen LogP contribution in [0.4, 0.5) is 0 Å². The first-order chi connectivity index (χ1) is 4.04. The van der Waals surface area contributed by atoms with Crippen molar-refractivity contribution in [3.63, 3.8) is 0 Å². The van der Waals surface area contributed by atoms with Crippen LogP contribution >= 0.6 is 11.6 Å². The Labute approximate surface area is 61.3 Å². The fourth-order valence-electron chi connectivity index (χ4n) is 0.293. The van der Waals surface area contributed by atoms with Gasteiger partial charge in [-0.2, -0.15) is 0 Å². The van der Waals surface area contributed by atoms with Crippen molar-refractivity contribution >= 4 is 11.6 Å². The molecule has 1 N–H and O–H groups in total. The van der Waals surface area contributed by atoms with Gasteiger partial charge in [-0.05, 0) is 0 Å². The summed E-state index contributed by atoms with van der Waals surface area (Å²) in [6.45, 7) is 7.66. The van der Waals surface area contributed by atoms with Gasteiger partial charge in [-0.15, -0.1) is 11.6 Å². The van der Waals surface area contributed by atoms with Crippen LogP contribution in [0.2, 0.25) is 0 Å². The molecule has 0 spiro atoms. The SMILES string of the molecule is C=C(CCl)C(C)(C)CO. The monoisotopic (exact) mass is 148 g/mol. The average molecular weight is 149 g/mol. The lowest BCUT2D eigenvalue weighted by atomic mass is 9.87. The van der Waals surface area contributed by atoms with Crippen LogP contribution < -0.4 is 0 Å². The molecule has 0 rings (SSSR count). The standard InChI is InChI=1S/C7H13ClO/c1-6(4-8)7(2,3)5-9/h9H,1,4-5H2,2-3H3. The Kier molecular flexibility index (Phi) is 3.23. The molecule has 9 heavy (non-hydrogen) atoms. The first-order valence-corrected chi connectivity index (χ1v) is 3.43. The van der Waals surface area contributed by atoms with Crippen molar-refractivity contribution in [3.05, 3.63) is 12.2 Å². The number of rotatable bonds is 3. The number of hydrogen-bond donors (Lipinski definition) is 1. The number of halogens is 1. The zero-order valence-electron chi connectivity index (χ0n) is 5.95. The molecule has 0 fully saturated rings. The molecule has 0 unspecified atom stereocenters. The Morgan fingerprint density at radius 3 is 2.22 bits per heavy atom. The summed E-state index contributed by atoms with van der Waals surface area (Å²) in [5, 5.41) is 8.78. The van der Waals surface area contributed by atoms with Gasteiger partial charge in [0, 0.05) is 11.3 Å². The van der Waals surface area contributed by atoms with E-state index in [-0.39, 0.29) is 12.0 Å². The Morgan fingerprint density at radius 1 is 1.67 bits per heavy atom. The third kappa shape index (κ3) is 2.37. The zero-order chi connectivity index (χ0) is 7.49. The maximum atomic E-state index is 8.78. The second-order valence-electron chi connectivity index (χ2n) is 2.78. The van der Waals surface area contributed by atoms with Crippen molar-refractivity contribution in [1.29, 1.82) is 0 Å². The Morgan fingerprint density at radius 2 is 2.11 bits per heavy atom. The molecule has 54 valence electrons. The maximum Gasteiger partial charge on any atom is 0.0519 e. The fourth-order valence-corrected chi connectivity index (χ4v) is 0.654. The predicted octanol–water partition coefficient (Wildman–Crippen LogP) is 1.80. The van der Waals surface area contributed by atoms with Gasteiger partial charge >= 0.3 is 0 Å². The van der Waals surface area contributed by atoms with E-state index in [9.17, 15) is 0 Å². The highest BCUT2D eigenvalue weighted by Gasteiger charge is 2.18. The van der Waals surface area contributed by atoms with Crippen molar-refractivity contribution in [2.24, 2.45) is 5.41 Å². The van der Waals surface area contributed by atoms with E-state index >= 15 is 0 Å². The highest BCUT2D eigenvalue weighted by atomic mass is 35.5. The first kappa shape index (κ1) is 8.99. The van der Waals surface area contributed by atoms with Gasteiger partial charge in [0.05, 0.1) is 6.61 Å². The van der Waals surface area contributed by atoms with Crippen molar-refractivity contribution < 1.29 is 5.11 Å². The first-order valence-electron chi connectivity index (χ1n) is 2.89. The summed E-state index contributed by atoms with van der Waals surface area (Å²) in [5.74, 6) is 0.424.